The van der Waals surface area contributed by atoms with Crippen molar-refractivity contribution in [3.63, 3.8) is 0 Å². The molecule has 0 atom stereocenters. The number of halogens is 1. The van der Waals surface area contributed by atoms with E-state index in [4.69, 9.17) is 16.6 Å². The lowest BCUT2D eigenvalue weighted by Gasteiger charge is -2.25. The monoisotopic (exact) mass is 402 g/mol. The molecule has 1 saturated carbocycles. The fraction of sp³-hybridized carbons (Fsp3) is 0.571. The minimum Gasteiger partial charge on any atom is -0.355 e. The van der Waals surface area contributed by atoms with Crippen LogP contribution in [-0.4, -0.2) is 39.9 Å². The van der Waals surface area contributed by atoms with Gasteiger partial charge in [0.1, 0.15) is 12.2 Å². The van der Waals surface area contributed by atoms with Crippen LogP contribution in [0.5, 0.6) is 0 Å². The number of hydrogen-bond donors (Lipinski definition) is 2. The molecule has 0 aliphatic heterocycles. The van der Waals surface area contributed by atoms with Crippen LogP contribution in [0, 0.1) is 0 Å². The summed E-state index contributed by atoms with van der Waals surface area (Å²) in [7, 11) is 0. The molecule has 0 unspecified atom stereocenters. The molecule has 1 aromatic carbocycles. The Morgan fingerprint density at radius 2 is 2.00 bits per heavy atom. The molecule has 0 amide bonds. The van der Waals surface area contributed by atoms with Crippen molar-refractivity contribution in [2.45, 2.75) is 64.5 Å². The fourth-order valence-corrected chi connectivity index (χ4v) is 3.70. The Morgan fingerprint density at radius 3 is 2.75 bits per heavy atom. The highest BCUT2D eigenvalue weighted by Crippen LogP contribution is 2.17. The first-order chi connectivity index (χ1) is 13.7. The first-order valence-electron chi connectivity index (χ1n) is 10.4. The number of aliphatic imine (C=N–C) groups is 1. The number of guanidine groups is 1. The van der Waals surface area contributed by atoms with Crippen LogP contribution < -0.4 is 10.6 Å². The first-order valence-corrected chi connectivity index (χ1v) is 10.8. The topological polar surface area (TPSA) is 67.1 Å². The molecule has 2 aromatic rings. The lowest BCUT2D eigenvalue weighted by atomic mass is 9.96. The van der Waals surface area contributed by atoms with E-state index in [0.717, 1.165) is 49.3 Å². The number of aryl methyl sites for hydroxylation is 1. The summed E-state index contributed by atoms with van der Waals surface area (Å²) in [5.74, 6) is 1.93. The summed E-state index contributed by atoms with van der Waals surface area (Å²) in [6.07, 6.45) is 10.00. The van der Waals surface area contributed by atoms with E-state index in [2.05, 4.69) is 44.5 Å². The molecular formula is C21H31ClN6. The molecule has 28 heavy (non-hydrogen) atoms. The number of hydrogen-bond acceptors (Lipinski definition) is 3. The van der Waals surface area contributed by atoms with Crippen LogP contribution in [0.4, 0.5) is 0 Å². The van der Waals surface area contributed by atoms with Gasteiger partial charge in [-0.05, 0) is 37.0 Å². The number of nitrogens with zero attached hydrogens (tertiary/aromatic N) is 4. The quantitative estimate of drug-likeness (QED) is 0.523. The Labute approximate surface area is 172 Å². The average molecular weight is 403 g/mol. The lowest BCUT2D eigenvalue weighted by Crippen LogP contribution is -2.45. The van der Waals surface area contributed by atoms with Crippen molar-refractivity contribution in [1.29, 1.82) is 0 Å². The average Bonchev–Trinajstić information content (AvgIpc) is 3.17. The zero-order valence-corrected chi connectivity index (χ0v) is 17.5. The molecule has 0 bridgehead atoms. The van der Waals surface area contributed by atoms with Crippen molar-refractivity contribution in [2.75, 3.05) is 13.1 Å². The first kappa shape index (κ1) is 20.6. The third kappa shape index (κ3) is 6.51. The van der Waals surface area contributed by atoms with Gasteiger partial charge in [0.2, 0.25) is 0 Å². The van der Waals surface area contributed by atoms with Gasteiger partial charge in [-0.2, -0.15) is 0 Å². The predicted molar refractivity (Wildman–Crippen MR) is 115 cm³/mol. The second-order valence-electron chi connectivity index (χ2n) is 7.31. The molecule has 2 N–H and O–H groups in total. The summed E-state index contributed by atoms with van der Waals surface area (Å²) < 4.78 is 2.10. The van der Waals surface area contributed by atoms with Crippen LogP contribution in [0.3, 0.4) is 0 Å². The van der Waals surface area contributed by atoms with E-state index < -0.39 is 0 Å². The molecule has 3 rings (SSSR count). The van der Waals surface area contributed by atoms with Crippen molar-refractivity contribution < 1.29 is 0 Å². The Bertz CT molecular complexity index is 734. The van der Waals surface area contributed by atoms with Crippen LogP contribution in [0.1, 0.15) is 50.4 Å². The molecule has 0 saturated heterocycles. The Morgan fingerprint density at radius 1 is 1.21 bits per heavy atom. The van der Waals surface area contributed by atoms with Crippen molar-refractivity contribution in [3.05, 3.63) is 47.0 Å². The van der Waals surface area contributed by atoms with E-state index in [1.165, 1.54) is 37.7 Å². The van der Waals surface area contributed by atoms with Gasteiger partial charge in [0.05, 0.1) is 0 Å². The van der Waals surface area contributed by atoms with Crippen LogP contribution in [0.2, 0.25) is 5.02 Å². The summed E-state index contributed by atoms with van der Waals surface area (Å²) in [4.78, 5) is 4.82. The van der Waals surface area contributed by atoms with E-state index in [-0.39, 0.29) is 0 Å². The van der Waals surface area contributed by atoms with Gasteiger partial charge in [-0.25, -0.2) is 0 Å². The maximum absolute atomic E-state index is 5.97. The SMILES string of the molecule is CCc1nncn1CCNC(=NCCc1ccc(Cl)cc1)NC1CCCCC1. The van der Waals surface area contributed by atoms with Gasteiger partial charge in [-0.3, -0.25) is 4.99 Å². The van der Waals surface area contributed by atoms with Crippen molar-refractivity contribution in [2.24, 2.45) is 4.99 Å². The lowest BCUT2D eigenvalue weighted by molar-refractivity contribution is 0.409. The normalized spacial score (nSPS) is 15.6. The smallest absolute Gasteiger partial charge is 0.191 e. The highest BCUT2D eigenvalue weighted by molar-refractivity contribution is 6.30. The summed E-state index contributed by atoms with van der Waals surface area (Å²) in [6.45, 7) is 4.47. The van der Waals surface area contributed by atoms with Gasteiger partial charge < -0.3 is 15.2 Å². The second kappa shape index (κ2) is 11.1. The molecule has 0 radical (unpaired) electrons. The summed E-state index contributed by atoms with van der Waals surface area (Å²) in [5, 5.41) is 16.1. The molecular weight excluding hydrogens is 372 g/mol. The number of benzene rings is 1. The largest absolute Gasteiger partial charge is 0.355 e. The molecule has 6 nitrogen and oxygen atoms in total. The zero-order valence-electron chi connectivity index (χ0n) is 16.7. The summed E-state index contributed by atoms with van der Waals surface area (Å²) >= 11 is 5.97. The number of nitrogens with one attached hydrogen (secondary N) is 2. The van der Waals surface area contributed by atoms with Gasteiger partial charge in [-0.15, -0.1) is 10.2 Å². The maximum atomic E-state index is 5.97. The molecule has 1 fully saturated rings. The van der Waals surface area contributed by atoms with Crippen molar-refractivity contribution >= 4 is 17.6 Å². The second-order valence-corrected chi connectivity index (χ2v) is 7.74. The molecule has 1 aliphatic carbocycles. The maximum Gasteiger partial charge on any atom is 0.191 e. The van der Waals surface area contributed by atoms with E-state index in [1.54, 1.807) is 6.33 Å². The third-order valence-corrected chi connectivity index (χ3v) is 5.44. The van der Waals surface area contributed by atoms with E-state index in [0.29, 0.717) is 6.04 Å². The molecule has 0 spiro atoms. The van der Waals surface area contributed by atoms with Gasteiger partial charge in [-0.1, -0.05) is 49.9 Å². The van der Waals surface area contributed by atoms with Crippen LogP contribution in [-0.2, 0) is 19.4 Å². The van der Waals surface area contributed by atoms with Crippen LogP contribution in [0.15, 0.2) is 35.6 Å². The van der Waals surface area contributed by atoms with E-state index >= 15 is 0 Å². The van der Waals surface area contributed by atoms with Gasteiger partial charge in [0, 0.05) is 37.1 Å². The Kier molecular flexibility index (Phi) is 8.15. The molecule has 152 valence electrons. The van der Waals surface area contributed by atoms with E-state index in [9.17, 15) is 0 Å². The van der Waals surface area contributed by atoms with Crippen molar-refractivity contribution in [1.82, 2.24) is 25.4 Å². The fourth-order valence-electron chi connectivity index (χ4n) is 3.57. The minimum absolute atomic E-state index is 0.525. The van der Waals surface area contributed by atoms with Crippen LogP contribution in [0.25, 0.3) is 0 Å². The minimum atomic E-state index is 0.525. The zero-order chi connectivity index (χ0) is 19.6. The Hall–Kier alpha value is -2.08. The molecule has 7 heteroatoms. The van der Waals surface area contributed by atoms with E-state index in [1.807, 2.05) is 12.1 Å². The van der Waals surface area contributed by atoms with Gasteiger partial charge >= 0.3 is 0 Å². The highest BCUT2D eigenvalue weighted by atomic mass is 35.5. The van der Waals surface area contributed by atoms with Crippen molar-refractivity contribution in [3.8, 4) is 0 Å². The molecule has 1 aromatic heterocycles. The van der Waals surface area contributed by atoms with Gasteiger partial charge in [0.25, 0.3) is 0 Å². The predicted octanol–water partition coefficient (Wildman–Crippen LogP) is 3.60. The summed E-state index contributed by atoms with van der Waals surface area (Å²) in [6, 6.07) is 8.53. The standard InChI is InChI=1S/C21H31ClN6/c1-2-20-27-25-16-28(20)15-14-24-21(26-19-6-4-3-5-7-19)23-13-12-17-8-10-18(22)11-9-17/h8-11,16,19H,2-7,12-15H2,1H3,(H2,23,24,26). The third-order valence-electron chi connectivity index (χ3n) is 5.19. The highest BCUT2D eigenvalue weighted by Gasteiger charge is 2.14. The summed E-state index contributed by atoms with van der Waals surface area (Å²) in [5.41, 5.74) is 1.25. The molecule has 1 aliphatic rings. The molecule has 1 heterocycles. The van der Waals surface area contributed by atoms with Gasteiger partial charge in [0.15, 0.2) is 5.96 Å². The number of aromatic nitrogens is 3. The number of rotatable bonds is 8. The Balaban J connectivity index is 1.54. The van der Waals surface area contributed by atoms with Crippen LogP contribution >= 0.6 is 11.6 Å².